The molecule has 0 bridgehead atoms. The van der Waals surface area contributed by atoms with E-state index in [1.165, 1.54) is 0 Å². The highest BCUT2D eigenvalue weighted by molar-refractivity contribution is 9.10. The Bertz CT molecular complexity index is 336. The zero-order valence-corrected chi connectivity index (χ0v) is 9.29. The van der Waals surface area contributed by atoms with E-state index in [4.69, 9.17) is 23.2 Å². The largest absolute Gasteiger partial charge is 0.298 e. The van der Waals surface area contributed by atoms with Gasteiger partial charge in [-0.2, -0.15) is 0 Å². The maximum atomic E-state index is 10.5. The molecule has 0 aromatic heterocycles. The van der Waals surface area contributed by atoms with Crippen LogP contribution < -0.4 is 0 Å². The number of benzene rings is 1. The van der Waals surface area contributed by atoms with Crippen LogP contribution in [0.25, 0.3) is 0 Å². The normalized spacial score (nSPS) is 10.0. The molecule has 0 radical (unpaired) electrons. The number of halogens is 3. The predicted octanol–water partition coefficient (Wildman–Crippen LogP) is 3.88. The number of carbonyl (C=O) groups is 1. The molecule has 12 heavy (non-hydrogen) atoms. The van der Waals surface area contributed by atoms with Crippen molar-refractivity contribution in [3.05, 3.63) is 31.7 Å². The van der Waals surface area contributed by atoms with Crippen molar-refractivity contribution in [1.82, 2.24) is 0 Å². The van der Waals surface area contributed by atoms with Crippen LogP contribution >= 0.6 is 39.1 Å². The van der Waals surface area contributed by atoms with Gasteiger partial charge in [0.05, 0.1) is 10.0 Å². The van der Waals surface area contributed by atoms with Gasteiger partial charge in [0, 0.05) is 10.0 Å². The molecule has 0 saturated carbocycles. The van der Waals surface area contributed by atoms with E-state index >= 15 is 0 Å². The zero-order chi connectivity index (χ0) is 9.30. The van der Waals surface area contributed by atoms with Gasteiger partial charge in [-0.05, 0) is 34.5 Å². The molecule has 1 nitrogen and oxygen atoms in total. The lowest BCUT2D eigenvalue weighted by molar-refractivity contribution is 0.112. The van der Waals surface area contributed by atoms with E-state index in [9.17, 15) is 4.79 Å². The Morgan fingerprint density at radius 2 is 2.00 bits per heavy atom. The number of rotatable bonds is 1. The van der Waals surface area contributed by atoms with Crippen LogP contribution in [0, 0.1) is 6.92 Å². The molecular formula is C8H5BrCl2O. The molecule has 0 aliphatic heterocycles. The van der Waals surface area contributed by atoms with Crippen LogP contribution in [-0.2, 0) is 0 Å². The molecule has 0 spiro atoms. The van der Waals surface area contributed by atoms with Gasteiger partial charge in [-0.25, -0.2) is 0 Å². The quantitative estimate of drug-likeness (QED) is 0.558. The number of carbonyl (C=O) groups excluding carboxylic acids is 1. The molecule has 0 atom stereocenters. The van der Waals surface area contributed by atoms with E-state index in [2.05, 4.69) is 15.9 Å². The van der Waals surface area contributed by atoms with Crippen LogP contribution in [0.5, 0.6) is 0 Å². The fraction of sp³-hybridized carbons (Fsp3) is 0.125. The van der Waals surface area contributed by atoms with Crippen LogP contribution in [0.1, 0.15) is 15.9 Å². The van der Waals surface area contributed by atoms with Gasteiger partial charge < -0.3 is 0 Å². The monoisotopic (exact) mass is 266 g/mol. The number of hydrogen-bond donors (Lipinski definition) is 0. The molecule has 0 saturated heterocycles. The highest BCUT2D eigenvalue weighted by Gasteiger charge is 2.09. The van der Waals surface area contributed by atoms with Gasteiger partial charge in [0.25, 0.3) is 0 Å². The molecular weight excluding hydrogens is 263 g/mol. The van der Waals surface area contributed by atoms with Crippen LogP contribution in [-0.4, -0.2) is 6.29 Å². The highest BCUT2D eigenvalue weighted by Crippen LogP contribution is 2.33. The molecule has 64 valence electrons. The molecule has 0 N–H and O–H groups in total. The first-order chi connectivity index (χ1) is 5.57. The third-order valence-corrected chi connectivity index (χ3v) is 3.37. The summed E-state index contributed by atoms with van der Waals surface area (Å²) in [6.45, 7) is 1.77. The zero-order valence-electron chi connectivity index (χ0n) is 6.20. The lowest BCUT2D eigenvalue weighted by Crippen LogP contribution is -1.88. The second-order valence-electron chi connectivity index (χ2n) is 2.32. The maximum Gasteiger partial charge on any atom is 0.151 e. The molecule has 0 fully saturated rings. The summed E-state index contributed by atoms with van der Waals surface area (Å²) >= 11 is 14.9. The standard InChI is InChI=1S/C8H5BrCl2O/c1-4-7(10)5(3-12)2-6(9)8(4)11/h2-3H,1H3. The lowest BCUT2D eigenvalue weighted by atomic mass is 10.1. The Morgan fingerprint density at radius 3 is 2.50 bits per heavy atom. The van der Waals surface area contributed by atoms with E-state index in [-0.39, 0.29) is 0 Å². The predicted molar refractivity (Wildman–Crippen MR) is 54.3 cm³/mol. The topological polar surface area (TPSA) is 17.1 Å². The second-order valence-corrected chi connectivity index (χ2v) is 3.93. The average Bonchev–Trinajstić information content (AvgIpc) is 2.08. The van der Waals surface area contributed by atoms with Crippen LogP contribution in [0.15, 0.2) is 10.5 Å². The van der Waals surface area contributed by atoms with Gasteiger partial charge in [-0.15, -0.1) is 0 Å². The second kappa shape index (κ2) is 3.77. The van der Waals surface area contributed by atoms with E-state index in [0.29, 0.717) is 26.4 Å². The summed E-state index contributed by atoms with van der Waals surface area (Å²) in [5, 5.41) is 0.962. The molecule has 0 heterocycles. The molecule has 0 aliphatic carbocycles. The molecule has 0 aliphatic rings. The maximum absolute atomic E-state index is 10.5. The Hall–Kier alpha value is -0.0500. The van der Waals surface area contributed by atoms with Crippen molar-refractivity contribution in [2.45, 2.75) is 6.92 Å². The lowest BCUT2D eigenvalue weighted by Gasteiger charge is -2.05. The Balaban J connectivity index is 3.49. The minimum Gasteiger partial charge on any atom is -0.298 e. The molecule has 4 heteroatoms. The minimum atomic E-state index is 0.415. The third kappa shape index (κ3) is 1.65. The van der Waals surface area contributed by atoms with E-state index in [0.717, 1.165) is 5.56 Å². The van der Waals surface area contributed by atoms with Gasteiger partial charge in [-0.1, -0.05) is 23.2 Å². The van der Waals surface area contributed by atoms with Crippen LogP contribution in [0.2, 0.25) is 10.0 Å². The Kier molecular flexibility index (Phi) is 3.16. The molecule has 1 rings (SSSR count). The first-order valence-corrected chi connectivity index (χ1v) is 4.72. The molecule has 0 unspecified atom stereocenters. The molecule has 0 amide bonds. The van der Waals surface area contributed by atoms with Crippen LogP contribution in [0.4, 0.5) is 0 Å². The first-order valence-electron chi connectivity index (χ1n) is 3.17. The first kappa shape index (κ1) is 10.0. The van der Waals surface area contributed by atoms with Crippen molar-refractivity contribution in [2.75, 3.05) is 0 Å². The average molecular weight is 268 g/mol. The minimum absolute atomic E-state index is 0.415. The van der Waals surface area contributed by atoms with Crippen molar-refractivity contribution in [3.8, 4) is 0 Å². The summed E-state index contributed by atoms with van der Waals surface area (Å²) in [5.41, 5.74) is 1.17. The van der Waals surface area contributed by atoms with E-state index in [1.54, 1.807) is 13.0 Å². The Labute approximate surface area is 88.8 Å². The summed E-state index contributed by atoms with van der Waals surface area (Å²) in [7, 11) is 0. The van der Waals surface area contributed by atoms with Crippen molar-refractivity contribution >= 4 is 45.4 Å². The van der Waals surface area contributed by atoms with Gasteiger partial charge >= 0.3 is 0 Å². The van der Waals surface area contributed by atoms with Gasteiger partial charge in [0.2, 0.25) is 0 Å². The van der Waals surface area contributed by atoms with Crippen molar-refractivity contribution in [1.29, 1.82) is 0 Å². The summed E-state index contributed by atoms with van der Waals surface area (Å²) in [6, 6.07) is 1.60. The number of aldehydes is 1. The van der Waals surface area contributed by atoms with E-state index in [1.807, 2.05) is 0 Å². The van der Waals surface area contributed by atoms with E-state index < -0.39 is 0 Å². The summed E-state index contributed by atoms with van der Waals surface area (Å²) in [4.78, 5) is 10.5. The number of hydrogen-bond acceptors (Lipinski definition) is 1. The third-order valence-electron chi connectivity index (χ3n) is 1.53. The fourth-order valence-corrected chi connectivity index (χ4v) is 1.78. The van der Waals surface area contributed by atoms with Gasteiger partial charge in [0.1, 0.15) is 0 Å². The SMILES string of the molecule is Cc1c(Cl)c(Br)cc(C=O)c1Cl. The summed E-state index contributed by atoms with van der Waals surface area (Å²) < 4.78 is 0.688. The van der Waals surface area contributed by atoms with Crippen molar-refractivity contribution in [2.24, 2.45) is 0 Å². The van der Waals surface area contributed by atoms with Crippen molar-refractivity contribution < 1.29 is 4.79 Å². The molecule has 1 aromatic carbocycles. The van der Waals surface area contributed by atoms with Crippen molar-refractivity contribution in [3.63, 3.8) is 0 Å². The Morgan fingerprint density at radius 1 is 1.42 bits per heavy atom. The van der Waals surface area contributed by atoms with Crippen LogP contribution in [0.3, 0.4) is 0 Å². The van der Waals surface area contributed by atoms with Gasteiger partial charge in [-0.3, -0.25) is 4.79 Å². The summed E-state index contributed by atoms with van der Waals surface area (Å²) in [5.74, 6) is 0. The smallest absolute Gasteiger partial charge is 0.151 e. The fourth-order valence-electron chi connectivity index (χ4n) is 0.841. The highest BCUT2D eigenvalue weighted by atomic mass is 79.9. The van der Waals surface area contributed by atoms with Gasteiger partial charge in [0.15, 0.2) is 6.29 Å². The summed E-state index contributed by atoms with van der Waals surface area (Å²) in [6.07, 6.45) is 0.705. The molecule has 1 aromatic rings.